The highest BCUT2D eigenvalue weighted by molar-refractivity contribution is 5.82. The Bertz CT molecular complexity index is 671. The Morgan fingerprint density at radius 3 is 2.92 bits per heavy atom. The Labute approximate surface area is 142 Å². The van der Waals surface area contributed by atoms with Gasteiger partial charge in [0.25, 0.3) is 0 Å². The summed E-state index contributed by atoms with van der Waals surface area (Å²) in [5, 5.41) is 17.1. The highest BCUT2D eigenvalue weighted by Gasteiger charge is 2.30. The fraction of sp³-hybridized carbons (Fsp3) is 0.444. The van der Waals surface area contributed by atoms with E-state index in [0.29, 0.717) is 5.56 Å². The third-order valence-electron chi connectivity index (χ3n) is 4.47. The first-order valence-corrected chi connectivity index (χ1v) is 8.36. The van der Waals surface area contributed by atoms with E-state index < -0.39 is 6.10 Å². The van der Waals surface area contributed by atoms with Gasteiger partial charge in [-0.1, -0.05) is 30.3 Å². The van der Waals surface area contributed by atoms with Gasteiger partial charge in [-0.3, -0.25) is 14.4 Å². The second-order valence-electron chi connectivity index (χ2n) is 6.32. The van der Waals surface area contributed by atoms with E-state index in [2.05, 4.69) is 27.4 Å². The Kier molecular flexibility index (Phi) is 5.27. The van der Waals surface area contributed by atoms with Gasteiger partial charge >= 0.3 is 0 Å². The molecule has 1 aliphatic rings. The van der Waals surface area contributed by atoms with Gasteiger partial charge in [0.05, 0.1) is 18.3 Å². The molecule has 2 unspecified atom stereocenters. The largest absolute Gasteiger partial charge is 0.386 e. The maximum atomic E-state index is 12.5. The quantitative estimate of drug-likeness (QED) is 0.837. The van der Waals surface area contributed by atoms with Gasteiger partial charge in [0.2, 0.25) is 5.91 Å². The normalized spacial score (nSPS) is 19.3. The van der Waals surface area contributed by atoms with Crippen LogP contribution in [0.2, 0.25) is 0 Å². The lowest BCUT2D eigenvalue weighted by Crippen LogP contribution is -2.44. The molecule has 1 fully saturated rings. The number of rotatable bonds is 6. The molecule has 0 saturated carbocycles. The fourth-order valence-corrected chi connectivity index (χ4v) is 3.18. The number of likely N-dealkylation sites (tertiary alicyclic amines) is 1. The number of hydrogen-bond acceptors (Lipinski definition) is 4. The number of carbonyl (C=O) groups is 1. The molecule has 6 heteroatoms. The van der Waals surface area contributed by atoms with Crippen molar-refractivity contribution in [3.63, 3.8) is 0 Å². The highest BCUT2D eigenvalue weighted by atomic mass is 16.3. The van der Waals surface area contributed by atoms with Crippen molar-refractivity contribution in [2.24, 2.45) is 7.05 Å². The van der Waals surface area contributed by atoms with E-state index in [1.807, 2.05) is 18.2 Å². The summed E-state index contributed by atoms with van der Waals surface area (Å²) in [5.74, 6) is -0.00799. The van der Waals surface area contributed by atoms with Crippen molar-refractivity contribution in [3.05, 3.63) is 53.9 Å². The van der Waals surface area contributed by atoms with Crippen LogP contribution in [-0.4, -0.2) is 44.8 Å². The molecule has 2 atom stereocenters. The van der Waals surface area contributed by atoms with Crippen LogP contribution in [0, 0.1) is 0 Å². The summed E-state index contributed by atoms with van der Waals surface area (Å²) in [7, 11) is 1.80. The standard InChI is InChI=1S/C18H24N4O2/c1-21-13-15(10-20-21)17(23)11-19-18(24)16-8-5-9-22(16)12-14-6-3-2-4-7-14/h2-4,6-7,10,13,16-17,23H,5,8-9,11-12H2,1H3,(H,19,24). The van der Waals surface area contributed by atoms with Crippen LogP contribution in [0.3, 0.4) is 0 Å². The number of aliphatic hydroxyl groups excluding tert-OH is 1. The topological polar surface area (TPSA) is 70.4 Å². The number of aromatic nitrogens is 2. The minimum Gasteiger partial charge on any atom is -0.386 e. The average molecular weight is 328 g/mol. The molecule has 1 aliphatic heterocycles. The first kappa shape index (κ1) is 16.7. The Balaban J connectivity index is 1.53. The Morgan fingerprint density at radius 2 is 2.21 bits per heavy atom. The highest BCUT2D eigenvalue weighted by Crippen LogP contribution is 2.20. The molecule has 6 nitrogen and oxygen atoms in total. The van der Waals surface area contributed by atoms with Gasteiger partial charge < -0.3 is 10.4 Å². The van der Waals surface area contributed by atoms with E-state index in [1.165, 1.54) is 5.56 Å². The fourth-order valence-electron chi connectivity index (χ4n) is 3.18. The number of carbonyl (C=O) groups excluding carboxylic acids is 1. The smallest absolute Gasteiger partial charge is 0.237 e. The van der Waals surface area contributed by atoms with E-state index in [9.17, 15) is 9.90 Å². The molecular weight excluding hydrogens is 304 g/mol. The third kappa shape index (κ3) is 4.01. The number of nitrogens with one attached hydrogen (secondary N) is 1. The Morgan fingerprint density at radius 1 is 1.42 bits per heavy atom. The molecule has 2 aromatic rings. The average Bonchev–Trinajstić information content (AvgIpc) is 3.22. The number of nitrogens with zero attached hydrogens (tertiary/aromatic N) is 3. The second kappa shape index (κ2) is 7.59. The van der Waals surface area contributed by atoms with Crippen molar-refractivity contribution >= 4 is 5.91 Å². The molecule has 0 bridgehead atoms. The first-order valence-electron chi connectivity index (χ1n) is 8.36. The molecule has 1 saturated heterocycles. The molecule has 2 N–H and O–H groups in total. The third-order valence-corrected chi connectivity index (χ3v) is 4.47. The van der Waals surface area contributed by atoms with E-state index in [4.69, 9.17) is 0 Å². The van der Waals surface area contributed by atoms with E-state index >= 15 is 0 Å². The van der Waals surface area contributed by atoms with Gasteiger partial charge in [-0.25, -0.2) is 0 Å². The zero-order chi connectivity index (χ0) is 16.9. The SMILES string of the molecule is Cn1cc(C(O)CNC(=O)C2CCCN2Cc2ccccc2)cn1. The van der Waals surface area contributed by atoms with Gasteiger partial charge in [-0.05, 0) is 24.9 Å². The maximum Gasteiger partial charge on any atom is 0.237 e. The summed E-state index contributed by atoms with van der Waals surface area (Å²) >= 11 is 0. The Hall–Kier alpha value is -2.18. The molecule has 3 rings (SSSR count). The van der Waals surface area contributed by atoms with Gasteiger partial charge in [-0.15, -0.1) is 0 Å². The van der Waals surface area contributed by atoms with Crippen LogP contribution >= 0.6 is 0 Å². The monoisotopic (exact) mass is 328 g/mol. The summed E-state index contributed by atoms with van der Waals surface area (Å²) < 4.78 is 1.64. The van der Waals surface area contributed by atoms with Gasteiger partial charge in [0, 0.05) is 31.9 Å². The molecule has 2 heterocycles. The molecule has 1 aromatic heterocycles. The molecule has 1 aromatic carbocycles. The van der Waals surface area contributed by atoms with Crippen molar-refractivity contribution in [1.82, 2.24) is 20.0 Å². The zero-order valence-electron chi connectivity index (χ0n) is 13.9. The summed E-state index contributed by atoms with van der Waals surface area (Å²) in [6, 6.07) is 10.1. The summed E-state index contributed by atoms with van der Waals surface area (Å²) in [6.45, 7) is 1.92. The maximum absolute atomic E-state index is 12.5. The van der Waals surface area contributed by atoms with Gasteiger partial charge in [0.1, 0.15) is 0 Å². The minimum absolute atomic E-state index is 0.00799. The molecule has 1 amide bonds. The van der Waals surface area contributed by atoms with Crippen LogP contribution in [0.4, 0.5) is 0 Å². The van der Waals surface area contributed by atoms with E-state index in [-0.39, 0.29) is 18.5 Å². The van der Waals surface area contributed by atoms with Crippen molar-refractivity contribution in [1.29, 1.82) is 0 Å². The summed E-state index contributed by atoms with van der Waals surface area (Å²) in [5.41, 5.74) is 1.93. The minimum atomic E-state index is -0.730. The second-order valence-corrected chi connectivity index (χ2v) is 6.32. The van der Waals surface area contributed by atoms with Gasteiger partial charge in [-0.2, -0.15) is 5.10 Å². The van der Waals surface area contributed by atoms with E-state index in [0.717, 1.165) is 25.9 Å². The van der Waals surface area contributed by atoms with Crippen molar-refractivity contribution in [2.75, 3.05) is 13.1 Å². The molecular formula is C18H24N4O2. The predicted octanol–water partition coefficient (Wildman–Crippen LogP) is 1.23. The number of benzene rings is 1. The van der Waals surface area contributed by atoms with Crippen molar-refractivity contribution in [3.8, 4) is 0 Å². The molecule has 0 radical (unpaired) electrons. The van der Waals surface area contributed by atoms with E-state index in [1.54, 1.807) is 24.1 Å². The summed E-state index contributed by atoms with van der Waals surface area (Å²) in [4.78, 5) is 14.7. The zero-order valence-corrected chi connectivity index (χ0v) is 13.9. The van der Waals surface area contributed by atoms with Crippen LogP contribution < -0.4 is 5.32 Å². The van der Waals surface area contributed by atoms with Gasteiger partial charge in [0.15, 0.2) is 0 Å². The molecule has 24 heavy (non-hydrogen) atoms. The number of hydrogen-bond donors (Lipinski definition) is 2. The van der Waals surface area contributed by atoms with Crippen LogP contribution in [-0.2, 0) is 18.4 Å². The van der Waals surface area contributed by atoms with Crippen molar-refractivity contribution in [2.45, 2.75) is 31.5 Å². The van der Waals surface area contributed by atoms with Crippen LogP contribution in [0.25, 0.3) is 0 Å². The predicted molar refractivity (Wildman–Crippen MR) is 91.1 cm³/mol. The van der Waals surface area contributed by atoms with Crippen LogP contribution in [0.1, 0.15) is 30.1 Å². The van der Waals surface area contributed by atoms with Crippen LogP contribution in [0.5, 0.6) is 0 Å². The summed E-state index contributed by atoms with van der Waals surface area (Å²) in [6.07, 6.45) is 4.53. The van der Waals surface area contributed by atoms with Crippen molar-refractivity contribution < 1.29 is 9.90 Å². The first-order chi connectivity index (χ1) is 11.6. The van der Waals surface area contributed by atoms with Crippen LogP contribution in [0.15, 0.2) is 42.7 Å². The number of aliphatic hydroxyl groups is 1. The molecule has 128 valence electrons. The number of aryl methyl sites for hydroxylation is 1. The number of amides is 1. The lowest BCUT2D eigenvalue weighted by Gasteiger charge is -2.24. The lowest BCUT2D eigenvalue weighted by atomic mass is 10.1. The molecule has 0 aliphatic carbocycles. The molecule has 0 spiro atoms. The lowest BCUT2D eigenvalue weighted by molar-refractivity contribution is -0.126.